The number of ether oxygens (including phenoxy) is 1. The summed E-state index contributed by atoms with van der Waals surface area (Å²) in [4.78, 5) is 17.3. The lowest BCUT2D eigenvalue weighted by atomic mass is 10.2. The molecular weight excluding hydrogens is 272 g/mol. The number of anilines is 1. The van der Waals surface area contributed by atoms with E-state index < -0.39 is 11.7 Å². The fourth-order valence-corrected chi connectivity index (χ4v) is 2.98. The first-order valence-corrected chi connectivity index (χ1v) is 6.76. The minimum atomic E-state index is -1.77. The van der Waals surface area contributed by atoms with Gasteiger partial charge in [-0.05, 0) is 19.1 Å². The molecule has 1 N–H and O–H groups in total. The Morgan fingerprint density at radius 2 is 2.50 bits per heavy atom. The summed E-state index contributed by atoms with van der Waals surface area (Å²) in [6.45, 7) is 1.89. The number of pyridine rings is 1. The van der Waals surface area contributed by atoms with Gasteiger partial charge in [0.1, 0.15) is 10.1 Å². The molecule has 96 valence electrons. The van der Waals surface area contributed by atoms with Crippen LogP contribution in [0.5, 0.6) is 0 Å². The predicted octanol–water partition coefficient (Wildman–Crippen LogP) is 1.17. The second kappa shape index (κ2) is 5.21. The Morgan fingerprint density at radius 3 is 3.11 bits per heavy atom. The van der Waals surface area contributed by atoms with Gasteiger partial charge >= 0.3 is 5.97 Å². The van der Waals surface area contributed by atoms with Crippen LogP contribution < -0.4 is 4.90 Å². The summed E-state index contributed by atoms with van der Waals surface area (Å²) in [5.41, 5.74) is -1.77. The molecule has 5 nitrogen and oxygen atoms in total. The lowest BCUT2D eigenvalue weighted by Crippen LogP contribution is -2.55. The molecule has 1 saturated heterocycles. The van der Waals surface area contributed by atoms with Crippen LogP contribution >= 0.6 is 24.0 Å². The van der Waals surface area contributed by atoms with Crippen molar-refractivity contribution in [3.8, 4) is 0 Å². The van der Waals surface area contributed by atoms with Gasteiger partial charge in [-0.1, -0.05) is 30.0 Å². The number of rotatable bonds is 3. The molecule has 0 bridgehead atoms. The summed E-state index contributed by atoms with van der Waals surface area (Å²) in [7, 11) is 0. The van der Waals surface area contributed by atoms with Crippen molar-refractivity contribution in [3.05, 3.63) is 24.4 Å². The first-order chi connectivity index (χ1) is 8.59. The Labute approximate surface area is 114 Å². The van der Waals surface area contributed by atoms with Gasteiger partial charge in [0.05, 0.1) is 12.4 Å². The second-order valence-corrected chi connectivity index (χ2v) is 5.22. The standard InChI is InChI=1S/C11H12N2O3S2/c1-2-16-9(14)11(15)7-18-10(17)13(11)8-5-3-4-6-12-8/h3-6,15H,2,7H2,1H3. The quantitative estimate of drug-likeness (QED) is 0.660. The zero-order valence-electron chi connectivity index (χ0n) is 9.70. The predicted molar refractivity (Wildman–Crippen MR) is 73.4 cm³/mol. The number of thioether (sulfide) groups is 1. The molecule has 2 rings (SSSR count). The van der Waals surface area contributed by atoms with Crippen molar-refractivity contribution in [1.29, 1.82) is 0 Å². The minimum absolute atomic E-state index is 0.140. The van der Waals surface area contributed by atoms with E-state index in [1.54, 1.807) is 31.3 Å². The largest absolute Gasteiger partial charge is 0.462 e. The second-order valence-electron chi connectivity index (χ2n) is 3.62. The molecule has 1 aliphatic rings. The lowest BCUT2D eigenvalue weighted by Gasteiger charge is -2.30. The number of carbonyl (C=O) groups excluding carboxylic acids is 1. The Balaban J connectivity index is 2.36. The number of nitrogens with zero attached hydrogens (tertiary/aromatic N) is 2. The van der Waals surface area contributed by atoms with E-state index in [1.807, 2.05) is 0 Å². The molecule has 1 unspecified atom stereocenters. The number of esters is 1. The molecule has 1 aliphatic heterocycles. The molecule has 0 amide bonds. The molecule has 0 aromatic carbocycles. The molecule has 1 atom stereocenters. The molecule has 2 heterocycles. The van der Waals surface area contributed by atoms with Crippen molar-refractivity contribution in [2.24, 2.45) is 0 Å². The summed E-state index contributed by atoms with van der Waals surface area (Å²) < 4.78 is 5.30. The highest BCUT2D eigenvalue weighted by Gasteiger charge is 2.51. The van der Waals surface area contributed by atoms with E-state index in [9.17, 15) is 9.90 Å². The average molecular weight is 284 g/mol. The van der Waals surface area contributed by atoms with E-state index >= 15 is 0 Å². The molecule has 0 saturated carbocycles. The molecular formula is C11H12N2O3S2. The van der Waals surface area contributed by atoms with Crippen LogP contribution in [-0.4, -0.2) is 38.5 Å². The van der Waals surface area contributed by atoms with Gasteiger partial charge in [-0.3, -0.25) is 4.90 Å². The Bertz CT molecular complexity index is 469. The van der Waals surface area contributed by atoms with Crippen molar-refractivity contribution >= 4 is 40.1 Å². The first kappa shape index (κ1) is 13.3. The number of hydrogen-bond acceptors (Lipinski definition) is 6. The average Bonchev–Trinajstić information content (AvgIpc) is 2.68. The SMILES string of the molecule is CCOC(=O)C1(O)CSC(=S)N1c1ccccn1. The topological polar surface area (TPSA) is 62.7 Å². The van der Waals surface area contributed by atoms with Crippen molar-refractivity contribution in [3.63, 3.8) is 0 Å². The highest BCUT2D eigenvalue weighted by Crippen LogP contribution is 2.35. The van der Waals surface area contributed by atoms with Crippen LogP contribution in [0.15, 0.2) is 24.4 Å². The Kier molecular flexibility index (Phi) is 3.84. The molecule has 0 radical (unpaired) electrons. The molecule has 0 spiro atoms. The maximum Gasteiger partial charge on any atom is 0.361 e. The van der Waals surface area contributed by atoms with Crippen LogP contribution in [-0.2, 0) is 9.53 Å². The summed E-state index contributed by atoms with van der Waals surface area (Å²) >= 11 is 6.38. The maximum absolute atomic E-state index is 11.9. The third-order valence-electron chi connectivity index (χ3n) is 2.43. The number of carbonyl (C=O) groups is 1. The van der Waals surface area contributed by atoms with Crippen LogP contribution in [0.25, 0.3) is 0 Å². The summed E-state index contributed by atoms with van der Waals surface area (Å²) in [5.74, 6) is -0.132. The van der Waals surface area contributed by atoms with Gasteiger partial charge < -0.3 is 9.84 Å². The molecule has 1 aromatic rings. The Hall–Kier alpha value is -1.18. The number of thiocarbonyl (C=S) groups is 1. The normalized spacial score (nSPS) is 23.2. The fraction of sp³-hybridized carbons (Fsp3) is 0.364. The number of aliphatic hydroxyl groups is 1. The van der Waals surface area contributed by atoms with Crippen LogP contribution in [0.1, 0.15) is 6.92 Å². The van der Waals surface area contributed by atoms with Crippen LogP contribution in [0.4, 0.5) is 5.82 Å². The lowest BCUT2D eigenvalue weighted by molar-refractivity contribution is -0.161. The maximum atomic E-state index is 11.9. The van der Waals surface area contributed by atoms with Crippen molar-refractivity contribution in [2.45, 2.75) is 12.6 Å². The van der Waals surface area contributed by atoms with Crippen molar-refractivity contribution in [2.75, 3.05) is 17.3 Å². The first-order valence-electron chi connectivity index (χ1n) is 5.37. The van der Waals surface area contributed by atoms with Crippen molar-refractivity contribution in [1.82, 2.24) is 4.98 Å². The monoisotopic (exact) mass is 284 g/mol. The van der Waals surface area contributed by atoms with Gasteiger partial charge in [0.15, 0.2) is 0 Å². The van der Waals surface area contributed by atoms with Crippen LogP contribution in [0.3, 0.4) is 0 Å². The molecule has 0 aliphatic carbocycles. The van der Waals surface area contributed by atoms with E-state index in [0.29, 0.717) is 10.1 Å². The minimum Gasteiger partial charge on any atom is -0.462 e. The van der Waals surface area contributed by atoms with Gasteiger partial charge in [-0.25, -0.2) is 9.78 Å². The van der Waals surface area contributed by atoms with Gasteiger partial charge in [0, 0.05) is 6.20 Å². The van der Waals surface area contributed by atoms with Gasteiger partial charge in [-0.15, -0.1) is 0 Å². The van der Waals surface area contributed by atoms with E-state index in [-0.39, 0.29) is 12.4 Å². The van der Waals surface area contributed by atoms with Crippen LogP contribution in [0.2, 0.25) is 0 Å². The number of aromatic nitrogens is 1. The highest BCUT2D eigenvalue weighted by molar-refractivity contribution is 8.23. The molecule has 18 heavy (non-hydrogen) atoms. The molecule has 1 fully saturated rings. The molecule has 1 aromatic heterocycles. The zero-order valence-corrected chi connectivity index (χ0v) is 11.3. The van der Waals surface area contributed by atoms with E-state index in [2.05, 4.69) is 4.98 Å². The van der Waals surface area contributed by atoms with Gasteiger partial charge in [0.25, 0.3) is 5.72 Å². The third kappa shape index (κ3) is 2.21. The van der Waals surface area contributed by atoms with Gasteiger partial charge in [0.2, 0.25) is 0 Å². The van der Waals surface area contributed by atoms with E-state index in [0.717, 1.165) is 0 Å². The highest BCUT2D eigenvalue weighted by atomic mass is 32.2. The van der Waals surface area contributed by atoms with E-state index in [4.69, 9.17) is 17.0 Å². The third-order valence-corrected chi connectivity index (χ3v) is 3.94. The summed E-state index contributed by atoms with van der Waals surface area (Å²) in [5, 5.41) is 10.5. The van der Waals surface area contributed by atoms with Crippen LogP contribution in [0, 0.1) is 0 Å². The van der Waals surface area contributed by atoms with E-state index in [1.165, 1.54) is 16.7 Å². The smallest absolute Gasteiger partial charge is 0.361 e. The summed E-state index contributed by atoms with van der Waals surface area (Å²) in [6, 6.07) is 5.20. The summed E-state index contributed by atoms with van der Waals surface area (Å²) in [6.07, 6.45) is 1.58. The van der Waals surface area contributed by atoms with Crippen molar-refractivity contribution < 1.29 is 14.6 Å². The number of hydrogen-bond donors (Lipinski definition) is 1. The molecule has 7 heteroatoms. The van der Waals surface area contributed by atoms with Gasteiger partial charge in [-0.2, -0.15) is 0 Å². The fourth-order valence-electron chi connectivity index (χ4n) is 1.61. The zero-order chi connectivity index (χ0) is 13.2. The Morgan fingerprint density at radius 1 is 1.72 bits per heavy atom.